The summed E-state index contributed by atoms with van der Waals surface area (Å²) in [5.74, 6) is 0.741. The van der Waals surface area contributed by atoms with Crippen LogP contribution in [-0.2, 0) is 4.79 Å². The second kappa shape index (κ2) is 7.25. The Hall–Kier alpha value is -1.37. The monoisotopic (exact) mass is 354 g/mol. The molecule has 0 radical (unpaired) electrons. The number of alkyl halides is 1. The van der Waals surface area contributed by atoms with Crippen molar-refractivity contribution in [3.63, 3.8) is 0 Å². The van der Waals surface area contributed by atoms with E-state index in [-0.39, 0.29) is 12.5 Å². The number of thioether (sulfide) groups is 1. The van der Waals surface area contributed by atoms with Crippen molar-refractivity contribution in [1.82, 2.24) is 15.3 Å². The third kappa shape index (κ3) is 4.82. The summed E-state index contributed by atoms with van der Waals surface area (Å²) in [6.07, 6.45) is 2.71. The predicted molar refractivity (Wildman–Crippen MR) is 96.3 cm³/mol. The quantitative estimate of drug-likeness (QED) is 0.665. The summed E-state index contributed by atoms with van der Waals surface area (Å²) >= 11 is 1.50. The van der Waals surface area contributed by atoms with E-state index in [1.807, 2.05) is 40.0 Å². The number of hydrogen-bond donors (Lipinski definition) is 1. The van der Waals surface area contributed by atoms with E-state index in [2.05, 4.69) is 20.2 Å². The highest BCUT2D eigenvalue weighted by atomic mass is 32.2. The second-order valence-electron chi connectivity index (χ2n) is 7.42. The van der Waals surface area contributed by atoms with Crippen LogP contribution in [0, 0.1) is 12.3 Å². The standard InChI is InChI=1S/C17H27FN4OS/c1-12-10-13(21-15(20-12)24-5)22-8-6-17(18,7-9-22)11-19-14(23)16(2,3)4/h10H,6-9,11H2,1-5H3,(H,19,23). The van der Waals surface area contributed by atoms with Crippen molar-refractivity contribution in [2.75, 3.05) is 30.8 Å². The van der Waals surface area contributed by atoms with Crippen LogP contribution in [0.5, 0.6) is 0 Å². The van der Waals surface area contributed by atoms with E-state index in [0.717, 1.165) is 16.7 Å². The topological polar surface area (TPSA) is 58.1 Å². The van der Waals surface area contributed by atoms with Gasteiger partial charge in [-0.05, 0) is 13.2 Å². The molecule has 1 aromatic rings. The lowest BCUT2D eigenvalue weighted by Gasteiger charge is -2.37. The third-order valence-corrected chi connectivity index (χ3v) is 4.78. The number of nitrogens with zero attached hydrogens (tertiary/aromatic N) is 3. The summed E-state index contributed by atoms with van der Waals surface area (Å²) in [6.45, 7) is 8.69. The Labute approximate surface area is 147 Å². The summed E-state index contributed by atoms with van der Waals surface area (Å²) < 4.78 is 15.0. The summed E-state index contributed by atoms with van der Waals surface area (Å²) in [5.41, 5.74) is -0.926. The van der Waals surface area contributed by atoms with Crippen LogP contribution < -0.4 is 10.2 Å². The summed E-state index contributed by atoms with van der Waals surface area (Å²) in [5, 5.41) is 3.49. The van der Waals surface area contributed by atoms with Crippen molar-refractivity contribution in [1.29, 1.82) is 0 Å². The summed E-state index contributed by atoms with van der Waals surface area (Å²) in [4.78, 5) is 22.9. The zero-order chi connectivity index (χ0) is 18.0. The van der Waals surface area contributed by atoms with Gasteiger partial charge in [0, 0.05) is 43.1 Å². The predicted octanol–water partition coefficient (Wildman–Crippen LogP) is 2.98. The summed E-state index contributed by atoms with van der Waals surface area (Å²) in [7, 11) is 0. The normalized spacial score (nSPS) is 17.7. The maximum Gasteiger partial charge on any atom is 0.225 e. The Morgan fingerprint density at radius 1 is 1.38 bits per heavy atom. The van der Waals surface area contributed by atoms with E-state index in [4.69, 9.17) is 0 Å². The Bertz CT molecular complexity index is 595. The number of amides is 1. The van der Waals surface area contributed by atoms with E-state index in [9.17, 15) is 9.18 Å². The number of anilines is 1. The fraction of sp³-hybridized carbons (Fsp3) is 0.706. The molecule has 1 aliphatic rings. The smallest absolute Gasteiger partial charge is 0.225 e. The van der Waals surface area contributed by atoms with Crippen LogP contribution in [-0.4, -0.2) is 47.4 Å². The number of aromatic nitrogens is 2. The van der Waals surface area contributed by atoms with E-state index >= 15 is 0 Å². The molecule has 1 saturated heterocycles. The molecule has 2 rings (SSSR count). The number of piperidine rings is 1. The Balaban J connectivity index is 1.95. The molecule has 7 heteroatoms. The zero-order valence-corrected chi connectivity index (χ0v) is 16.0. The first-order valence-corrected chi connectivity index (χ1v) is 9.47. The maximum atomic E-state index is 15.0. The average Bonchev–Trinajstić information content (AvgIpc) is 2.51. The molecular weight excluding hydrogens is 327 g/mol. The van der Waals surface area contributed by atoms with Gasteiger partial charge >= 0.3 is 0 Å². The third-order valence-electron chi connectivity index (χ3n) is 4.23. The molecule has 134 valence electrons. The Kier molecular flexibility index (Phi) is 5.73. The van der Waals surface area contributed by atoms with Gasteiger partial charge in [-0.15, -0.1) is 0 Å². The number of aryl methyl sites for hydroxylation is 1. The molecule has 0 aliphatic carbocycles. The number of hydrogen-bond acceptors (Lipinski definition) is 5. The first-order chi connectivity index (χ1) is 11.1. The first kappa shape index (κ1) is 19.0. The van der Waals surface area contributed by atoms with Crippen LogP contribution in [0.1, 0.15) is 39.3 Å². The molecule has 0 atom stereocenters. The number of rotatable bonds is 4. The number of nitrogens with one attached hydrogen (secondary N) is 1. The lowest BCUT2D eigenvalue weighted by Crippen LogP contribution is -2.50. The first-order valence-electron chi connectivity index (χ1n) is 8.25. The van der Waals surface area contributed by atoms with Crippen molar-refractivity contribution in [2.45, 2.75) is 51.4 Å². The zero-order valence-electron chi connectivity index (χ0n) is 15.1. The Morgan fingerprint density at radius 2 is 2.00 bits per heavy atom. The van der Waals surface area contributed by atoms with Gasteiger partial charge in [-0.3, -0.25) is 4.79 Å². The van der Waals surface area contributed by atoms with Gasteiger partial charge in [0.15, 0.2) is 5.16 Å². The van der Waals surface area contributed by atoms with Crippen LogP contribution in [0.3, 0.4) is 0 Å². The minimum atomic E-state index is -1.35. The number of carbonyl (C=O) groups is 1. The molecule has 1 aliphatic heterocycles. The van der Waals surface area contributed by atoms with E-state index in [1.54, 1.807) is 0 Å². The van der Waals surface area contributed by atoms with Crippen LogP contribution in [0.2, 0.25) is 0 Å². The number of carbonyl (C=O) groups excluding carboxylic acids is 1. The molecule has 1 N–H and O–H groups in total. The van der Waals surface area contributed by atoms with Gasteiger partial charge < -0.3 is 10.2 Å². The molecular formula is C17H27FN4OS. The fourth-order valence-electron chi connectivity index (χ4n) is 2.60. The molecule has 1 amide bonds. The van der Waals surface area contributed by atoms with Crippen LogP contribution in [0.4, 0.5) is 10.2 Å². The SMILES string of the molecule is CSc1nc(C)cc(N2CCC(F)(CNC(=O)C(C)(C)C)CC2)n1. The van der Waals surface area contributed by atoms with Crippen molar-refractivity contribution < 1.29 is 9.18 Å². The lowest BCUT2D eigenvalue weighted by molar-refractivity contribution is -0.129. The van der Waals surface area contributed by atoms with Crippen LogP contribution in [0.15, 0.2) is 11.2 Å². The van der Waals surface area contributed by atoms with Crippen molar-refractivity contribution >= 4 is 23.5 Å². The van der Waals surface area contributed by atoms with Gasteiger partial charge in [0.05, 0.1) is 6.54 Å². The van der Waals surface area contributed by atoms with Crippen LogP contribution >= 0.6 is 11.8 Å². The van der Waals surface area contributed by atoms with Gasteiger partial charge in [0.2, 0.25) is 5.91 Å². The minimum absolute atomic E-state index is 0.0792. The van der Waals surface area contributed by atoms with E-state index < -0.39 is 11.1 Å². The van der Waals surface area contributed by atoms with E-state index in [1.165, 1.54) is 11.8 Å². The molecule has 5 nitrogen and oxygen atoms in total. The van der Waals surface area contributed by atoms with Gasteiger partial charge in [-0.1, -0.05) is 32.5 Å². The highest BCUT2D eigenvalue weighted by molar-refractivity contribution is 7.98. The van der Waals surface area contributed by atoms with Gasteiger partial charge in [-0.25, -0.2) is 14.4 Å². The van der Waals surface area contributed by atoms with Gasteiger partial charge in [-0.2, -0.15) is 0 Å². The fourth-order valence-corrected chi connectivity index (χ4v) is 3.02. The largest absolute Gasteiger partial charge is 0.356 e. The molecule has 1 fully saturated rings. The van der Waals surface area contributed by atoms with Crippen molar-refractivity contribution in [3.05, 3.63) is 11.8 Å². The molecule has 0 bridgehead atoms. The Morgan fingerprint density at radius 3 is 2.54 bits per heavy atom. The van der Waals surface area contributed by atoms with Crippen molar-refractivity contribution in [3.8, 4) is 0 Å². The van der Waals surface area contributed by atoms with Crippen LogP contribution in [0.25, 0.3) is 0 Å². The van der Waals surface area contributed by atoms with Gasteiger partial charge in [0.1, 0.15) is 11.5 Å². The molecule has 0 unspecified atom stereocenters. The highest BCUT2D eigenvalue weighted by Gasteiger charge is 2.36. The average molecular weight is 354 g/mol. The maximum absolute atomic E-state index is 15.0. The number of halogens is 1. The molecule has 0 spiro atoms. The molecule has 0 aromatic carbocycles. The van der Waals surface area contributed by atoms with Crippen molar-refractivity contribution in [2.24, 2.45) is 5.41 Å². The minimum Gasteiger partial charge on any atom is -0.356 e. The van der Waals surface area contributed by atoms with E-state index in [0.29, 0.717) is 25.9 Å². The van der Waals surface area contributed by atoms with Gasteiger partial charge in [0.25, 0.3) is 0 Å². The highest BCUT2D eigenvalue weighted by Crippen LogP contribution is 2.29. The molecule has 24 heavy (non-hydrogen) atoms. The molecule has 1 aromatic heterocycles. The molecule has 2 heterocycles. The molecule has 0 saturated carbocycles. The lowest BCUT2D eigenvalue weighted by atomic mass is 9.91. The second-order valence-corrected chi connectivity index (χ2v) is 8.20. The summed E-state index contributed by atoms with van der Waals surface area (Å²) in [6, 6.07) is 1.94.